The van der Waals surface area contributed by atoms with Crippen molar-refractivity contribution in [2.24, 2.45) is 0 Å². The zero-order valence-electron chi connectivity index (χ0n) is 15.5. The number of nitrogens with zero attached hydrogens (tertiary/aromatic N) is 4. The third-order valence-corrected chi connectivity index (χ3v) is 4.75. The van der Waals surface area contributed by atoms with Crippen LogP contribution < -0.4 is 10.9 Å². The Bertz CT molecular complexity index is 1200. The first-order valence-corrected chi connectivity index (χ1v) is 9.50. The van der Waals surface area contributed by atoms with E-state index in [0.29, 0.717) is 22.8 Å². The summed E-state index contributed by atoms with van der Waals surface area (Å²) in [4.78, 5) is 24.9. The van der Waals surface area contributed by atoms with E-state index in [9.17, 15) is 9.59 Å². The number of hydrogen-bond donors (Lipinski definition) is 1. The molecule has 0 atom stereocenters. The Labute approximate surface area is 171 Å². The SMILES string of the molecule is O=C(Cn1ncn2nc(-c3ccc(Cl)cc3)cc2c1=O)NCCc1ccccc1. The molecule has 0 saturated carbocycles. The normalized spacial score (nSPS) is 10.9. The molecule has 2 aromatic heterocycles. The zero-order valence-corrected chi connectivity index (χ0v) is 16.2. The average molecular weight is 408 g/mol. The van der Waals surface area contributed by atoms with Gasteiger partial charge in [-0.2, -0.15) is 10.2 Å². The highest BCUT2D eigenvalue weighted by Gasteiger charge is 2.12. The van der Waals surface area contributed by atoms with E-state index in [2.05, 4.69) is 15.5 Å². The molecule has 0 aliphatic rings. The van der Waals surface area contributed by atoms with Gasteiger partial charge in [-0.05, 0) is 30.2 Å². The van der Waals surface area contributed by atoms with Crippen molar-refractivity contribution >= 4 is 23.0 Å². The number of hydrogen-bond acceptors (Lipinski definition) is 4. The number of rotatable bonds is 6. The summed E-state index contributed by atoms with van der Waals surface area (Å²) < 4.78 is 2.55. The smallest absolute Gasteiger partial charge is 0.293 e. The fraction of sp³-hybridized carbons (Fsp3) is 0.143. The highest BCUT2D eigenvalue weighted by Crippen LogP contribution is 2.20. The molecule has 29 heavy (non-hydrogen) atoms. The van der Waals surface area contributed by atoms with Crippen LogP contribution in [0.1, 0.15) is 5.56 Å². The number of nitrogens with one attached hydrogen (secondary N) is 1. The lowest BCUT2D eigenvalue weighted by atomic mass is 10.1. The number of carbonyl (C=O) groups excluding carboxylic acids is 1. The Morgan fingerprint density at radius 3 is 2.59 bits per heavy atom. The zero-order chi connectivity index (χ0) is 20.2. The van der Waals surface area contributed by atoms with Crippen molar-refractivity contribution < 1.29 is 4.79 Å². The van der Waals surface area contributed by atoms with E-state index in [1.54, 1.807) is 18.2 Å². The van der Waals surface area contributed by atoms with E-state index in [-0.39, 0.29) is 18.0 Å². The molecule has 2 aromatic carbocycles. The van der Waals surface area contributed by atoms with Crippen LogP contribution in [0.5, 0.6) is 0 Å². The third-order valence-electron chi connectivity index (χ3n) is 4.50. The van der Waals surface area contributed by atoms with Crippen molar-refractivity contribution in [2.45, 2.75) is 13.0 Å². The lowest BCUT2D eigenvalue weighted by Crippen LogP contribution is -2.35. The summed E-state index contributed by atoms with van der Waals surface area (Å²) in [5.41, 5.74) is 2.58. The van der Waals surface area contributed by atoms with Crippen molar-refractivity contribution in [1.82, 2.24) is 24.7 Å². The fourth-order valence-corrected chi connectivity index (χ4v) is 3.12. The molecule has 8 heteroatoms. The molecule has 0 bridgehead atoms. The first-order valence-electron chi connectivity index (χ1n) is 9.12. The van der Waals surface area contributed by atoms with Crippen molar-refractivity contribution in [1.29, 1.82) is 0 Å². The summed E-state index contributed by atoms with van der Waals surface area (Å²) in [6, 6.07) is 18.7. The maximum atomic E-state index is 12.7. The van der Waals surface area contributed by atoms with Gasteiger partial charge in [-0.15, -0.1) is 0 Å². The van der Waals surface area contributed by atoms with Gasteiger partial charge >= 0.3 is 0 Å². The summed E-state index contributed by atoms with van der Waals surface area (Å²) in [5.74, 6) is -0.266. The summed E-state index contributed by atoms with van der Waals surface area (Å²) >= 11 is 5.92. The van der Waals surface area contributed by atoms with Crippen LogP contribution in [0, 0.1) is 0 Å². The summed E-state index contributed by atoms with van der Waals surface area (Å²) in [7, 11) is 0. The molecule has 0 unspecified atom stereocenters. The van der Waals surface area contributed by atoms with Gasteiger partial charge in [0.2, 0.25) is 5.91 Å². The number of carbonyl (C=O) groups is 1. The second-order valence-corrected chi connectivity index (χ2v) is 6.98. The van der Waals surface area contributed by atoms with Gasteiger partial charge in [0, 0.05) is 17.1 Å². The Morgan fingerprint density at radius 1 is 1.07 bits per heavy atom. The maximum absolute atomic E-state index is 12.7. The topological polar surface area (TPSA) is 81.3 Å². The van der Waals surface area contributed by atoms with Crippen LogP contribution in [0.15, 0.2) is 71.8 Å². The molecular formula is C21H18ClN5O2. The molecule has 0 aliphatic heterocycles. The first-order chi connectivity index (χ1) is 14.1. The molecule has 4 aromatic rings. The molecule has 146 valence electrons. The standard InChI is InChI=1S/C21H18ClN5O2/c22-17-8-6-16(7-9-17)18-12-19-21(29)26(24-14-27(19)25-18)13-20(28)23-11-10-15-4-2-1-3-5-15/h1-9,12,14H,10-11,13H2,(H,23,28). The monoisotopic (exact) mass is 407 g/mol. The predicted molar refractivity (Wildman–Crippen MR) is 111 cm³/mol. The van der Waals surface area contributed by atoms with Gasteiger partial charge in [0.05, 0.1) is 5.69 Å². The van der Waals surface area contributed by atoms with Crippen LogP contribution in [0.3, 0.4) is 0 Å². The van der Waals surface area contributed by atoms with Crippen molar-refractivity contribution in [3.8, 4) is 11.3 Å². The second-order valence-electron chi connectivity index (χ2n) is 6.55. The summed E-state index contributed by atoms with van der Waals surface area (Å²) in [6.07, 6.45) is 2.15. The molecule has 2 heterocycles. The van der Waals surface area contributed by atoms with Gasteiger partial charge in [0.25, 0.3) is 5.56 Å². The fourth-order valence-electron chi connectivity index (χ4n) is 3.00. The molecule has 7 nitrogen and oxygen atoms in total. The molecule has 1 amide bonds. The molecular weight excluding hydrogens is 390 g/mol. The van der Waals surface area contributed by atoms with Gasteiger partial charge < -0.3 is 5.32 Å². The largest absolute Gasteiger partial charge is 0.354 e. The Morgan fingerprint density at radius 2 is 1.83 bits per heavy atom. The third kappa shape index (κ3) is 4.35. The summed E-state index contributed by atoms with van der Waals surface area (Å²) in [6.45, 7) is 0.346. The van der Waals surface area contributed by atoms with Gasteiger partial charge in [-0.1, -0.05) is 54.1 Å². The van der Waals surface area contributed by atoms with Crippen LogP contribution in [-0.2, 0) is 17.8 Å². The van der Waals surface area contributed by atoms with Gasteiger partial charge in [-0.25, -0.2) is 9.20 Å². The van der Waals surface area contributed by atoms with E-state index in [0.717, 1.165) is 22.2 Å². The lowest BCUT2D eigenvalue weighted by Gasteiger charge is -2.07. The van der Waals surface area contributed by atoms with Crippen LogP contribution in [0.25, 0.3) is 16.8 Å². The van der Waals surface area contributed by atoms with Gasteiger partial charge in [-0.3, -0.25) is 9.59 Å². The van der Waals surface area contributed by atoms with Gasteiger partial charge in [0.1, 0.15) is 18.4 Å². The van der Waals surface area contributed by atoms with Crippen LogP contribution in [0.2, 0.25) is 5.02 Å². The number of amides is 1. The van der Waals surface area contributed by atoms with E-state index in [1.807, 2.05) is 42.5 Å². The van der Waals surface area contributed by atoms with Crippen molar-refractivity contribution in [3.63, 3.8) is 0 Å². The average Bonchev–Trinajstić information content (AvgIpc) is 3.17. The molecule has 0 aliphatic carbocycles. The van der Waals surface area contributed by atoms with Gasteiger partial charge in [0.15, 0.2) is 0 Å². The molecule has 0 saturated heterocycles. The highest BCUT2D eigenvalue weighted by atomic mass is 35.5. The number of fused-ring (bicyclic) bond motifs is 1. The number of halogens is 1. The predicted octanol–water partition coefficient (Wildman–Crippen LogP) is 2.57. The minimum atomic E-state index is -0.376. The van der Waals surface area contributed by atoms with Crippen LogP contribution in [-0.4, -0.2) is 31.8 Å². The second kappa shape index (κ2) is 8.28. The maximum Gasteiger partial charge on any atom is 0.293 e. The molecule has 1 N–H and O–H groups in total. The molecule has 0 fully saturated rings. The van der Waals surface area contributed by atoms with E-state index in [4.69, 9.17) is 11.6 Å². The van der Waals surface area contributed by atoms with Crippen LogP contribution in [0.4, 0.5) is 0 Å². The number of benzene rings is 2. The molecule has 0 radical (unpaired) electrons. The van der Waals surface area contributed by atoms with E-state index in [1.165, 1.54) is 10.8 Å². The lowest BCUT2D eigenvalue weighted by molar-refractivity contribution is -0.121. The summed E-state index contributed by atoms with van der Waals surface area (Å²) in [5, 5.41) is 11.9. The Balaban J connectivity index is 1.46. The first kappa shape index (κ1) is 18.9. The Kier molecular flexibility index (Phi) is 5.39. The van der Waals surface area contributed by atoms with Crippen LogP contribution >= 0.6 is 11.6 Å². The van der Waals surface area contributed by atoms with Crippen molar-refractivity contribution in [2.75, 3.05) is 6.54 Å². The van der Waals surface area contributed by atoms with E-state index >= 15 is 0 Å². The molecule has 0 spiro atoms. The molecule has 4 rings (SSSR count). The minimum Gasteiger partial charge on any atom is -0.354 e. The quantitative estimate of drug-likeness (QED) is 0.532. The van der Waals surface area contributed by atoms with Crippen molar-refractivity contribution in [3.05, 3.63) is 87.9 Å². The van der Waals surface area contributed by atoms with E-state index < -0.39 is 0 Å². The minimum absolute atomic E-state index is 0.147. The highest BCUT2D eigenvalue weighted by molar-refractivity contribution is 6.30. The Hall–Kier alpha value is -3.45. The number of aromatic nitrogens is 4.